The molecule has 0 radical (unpaired) electrons. The molecule has 0 spiro atoms. The molecule has 3 rings (SSSR count). The predicted molar refractivity (Wildman–Crippen MR) is 101 cm³/mol. The first-order chi connectivity index (χ1) is 11.9. The fraction of sp³-hybridized carbons (Fsp3) is 0.474. The molecule has 2 heterocycles. The molecule has 0 unspecified atom stereocenters. The maximum atomic E-state index is 12.5. The number of aliphatic hydroxyl groups is 1. The third-order valence-corrected chi connectivity index (χ3v) is 6.10. The Balaban J connectivity index is 1.66. The molecule has 2 amide bonds. The first-order valence-corrected chi connectivity index (χ1v) is 9.48. The minimum Gasteiger partial charge on any atom is -0.390 e. The molecule has 5 nitrogen and oxygen atoms in total. The Morgan fingerprint density at radius 1 is 1.32 bits per heavy atom. The molecule has 6 heteroatoms. The highest BCUT2D eigenvalue weighted by Crippen LogP contribution is 2.32. The van der Waals surface area contributed by atoms with Gasteiger partial charge in [-0.25, -0.2) is 9.78 Å². The number of urea groups is 1. The number of likely N-dealkylation sites (tertiary alicyclic amines) is 1. The van der Waals surface area contributed by atoms with Crippen molar-refractivity contribution in [3.8, 4) is 10.6 Å². The van der Waals surface area contributed by atoms with Crippen LogP contribution in [0.15, 0.2) is 30.3 Å². The Kier molecular flexibility index (Phi) is 5.11. The Labute approximate surface area is 152 Å². The zero-order valence-corrected chi connectivity index (χ0v) is 15.8. The van der Waals surface area contributed by atoms with Gasteiger partial charge in [-0.15, -0.1) is 11.3 Å². The van der Waals surface area contributed by atoms with Crippen LogP contribution < -0.4 is 5.32 Å². The Morgan fingerprint density at radius 3 is 2.60 bits per heavy atom. The lowest BCUT2D eigenvalue weighted by Crippen LogP contribution is -2.49. The molecule has 1 aromatic heterocycles. The van der Waals surface area contributed by atoms with E-state index in [2.05, 4.69) is 10.3 Å². The van der Waals surface area contributed by atoms with E-state index < -0.39 is 5.60 Å². The summed E-state index contributed by atoms with van der Waals surface area (Å²) in [4.78, 5) is 20.0. The second-order valence-electron chi connectivity index (χ2n) is 6.99. The van der Waals surface area contributed by atoms with Crippen LogP contribution in [0.3, 0.4) is 0 Å². The minimum atomic E-state index is -0.652. The van der Waals surface area contributed by atoms with Gasteiger partial charge in [-0.2, -0.15) is 0 Å². The van der Waals surface area contributed by atoms with E-state index in [9.17, 15) is 9.90 Å². The SMILES string of the molecule is Cc1nc(-c2ccccc2)sc1[C@H](C)NC(=O)N1CCC(C)(O)CC1. The van der Waals surface area contributed by atoms with Crippen LogP contribution in [0.4, 0.5) is 4.79 Å². The van der Waals surface area contributed by atoms with Crippen molar-refractivity contribution in [3.05, 3.63) is 40.9 Å². The van der Waals surface area contributed by atoms with Gasteiger partial charge in [0.2, 0.25) is 0 Å². The number of piperidine rings is 1. The average molecular weight is 359 g/mol. The van der Waals surface area contributed by atoms with E-state index in [1.54, 1.807) is 16.2 Å². The van der Waals surface area contributed by atoms with Crippen LogP contribution in [0.25, 0.3) is 10.6 Å². The number of hydrogen-bond donors (Lipinski definition) is 2. The molecule has 1 fully saturated rings. The lowest BCUT2D eigenvalue weighted by Gasteiger charge is -2.36. The highest BCUT2D eigenvalue weighted by atomic mass is 32.1. The Hall–Kier alpha value is -1.92. The van der Waals surface area contributed by atoms with Gasteiger partial charge in [0.05, 0.1) is 22.2 Å². The van der Waals surface area contributed by atoms with Crippen LogP contribution >= 0.6 is 11.3 Å². The fourth-order valence-corrected chi connectivity index (χ4v) is 4.12. The van der Waals surface area contributed by atoms with E-state index in [0.717, 1.165) is 21.1 Å². The molecule has 1 saturated heterocycles. The van der Waals surface area contributed by atoms with Gasteiger partial charge in [-0.05, 0) is 33.6 Å². The molecule has 0 aliphatic carbocycles. The topological polar surface area (TPSA) is 65.5 Å². The third-order valence-electron chi connectivity index (χ3n) is 4.71. The van der Waals surface area contributed by atoms with Crippen LogP contribution in [0.1, 0.15) is 43.3 Å². The van der Waals surface area contributed by atoms with Gasteiger partial charge in [0.25, 0.3) is 0 Å². The number of rotatable bonds is 3. The molecule has 1 aliphatic heterocycles. The smallest absolute Gasteiger partial charge is 0.317 e. The fourth-order valence-electron chi connectivity index (χ4n) is 3.05. The average Bonchev–Trinajstić information content (AvgIpc) is 2.97. The number of benzene rings is 1. The van der Waals surface area contributed by atoms with Crippen molar-refractivity contribution in [3.63, 3.8) is 0 Å². The standard InChI is InChI=1S/C19H25N3O2S/c1-13-16(25-17(20-13)15-7-5-4-6-8-15)14(2)21-18(23)22-11-9-19(3,24)10-12-22/h4-8,14,24H,9-12H2,1-3H3,(H,21,23)/t14-/m0/s1. The highest BCUT2D eigenvalue weighted by molar-refractivity contribution is 7.15. The van der Waals surface area contributed by atoms with Gasteiger partial charge in [0.15, 0.2) is 0 Å². The summed E-state index contributed by atoms with van der Waals surface area (Å²) in [6.45, 7) is 6.98. The van der Waals surface area contributed by atoms with Gasteiger partial charge in [-0.1, -0.05) is 30.3 Å². The van der Waals surface area contributed by atoms with Crippen molar-refractivity contribution in [2.75, 3.05) is 13.1 Å². The number of hydrogen-bond acceptors (Lipinski definition) is 4. The molecule has 25 heavy (non-hydrogen) atoms. The van der Waals surface area contributed by atoms with E-state index in [1.165, 1.54) is 0 Å². The summed E-state index contributed by atoms with van der Waals surface area (Å²) in [6.07, 6.45) is 1.24. The maximum absolute atomic E-state index is 12.5. The van der Waals surface area contributed by atoms with Gasteiger partial charge < -0.3 is 15.3 Å². The summed E-state index contributed by atoms with van der Waals surface area (Å²) in [7, 11) is 0. The summed E-state index contributed by atoms with van der Waals surface area (Å²) in [5.41, 5.74) is 1.40. The van der Waals surface area contributed by atoms with Gasteiger partial charge in [0.1, 0.15) is 5.01 Å². The van der Waals surface area contributed by atoms with E-state index in [0.29, 0.717) is 25.9 Å². The first kappa shape index (κ1) is 17.9. The van der Waals surface area contributed by atoms with E-state index in [-0.39, 0.29) is 12.1 Å². The van der Waals surface area contributed by atoms with Crippen LogP contribution in [0.2, 0.25) is 0 Å². The molecule has 1 aliphatic rings. The molecule has 134 valence electrons. The molecular weight excluding hydrogens is 334 g/mol. The number of carbonyl (C=O) groups is 1. The zero-order chi connectivity index (χ0) is 18.0. The molecule has 2 N–H and O–H groups in total. The number of carbonyl (C=O) groups excluding carboxylic acids is 1. The first-order valence-electron chi connectivity index (χ1n) is 8.66. The molecule has 2 aromatic rings. The Morgan fingerprint density at radius 2 is 1.96 bits per heavy atom. The maximum Gasteiger partial charge on any atom is 0.317 e. The van der Waals surface area contributed by atoms with Gasteiger partial charge >= 0.3 is 6.03 Å². The molecule has 1 atom stereocenters. The second kappa shape index (κ2) is 7.14. The Bertz CT molecular complexity index is 732. The molecule has 0 saturated carbocycles. The quantitative estimate of drug-likeness (QED) is 0.877. The number of nitrogens with zero attached hydrogens (tertiary/aromatic N) is 2. The summed E-state index contributed by atoms with van der Waals surface area (Å²) < 4.78 is 0. The van der Waals surface area contributed by atoms with E-state index >= 15 is 0 Å². The third kappa shape index (κ3) is 4.19. The van der Waals surface area contributed by atoms with Crippen molar-refractivity contribution in [2.45, 2.75) is 45.3 Å². The number of nitrogens with one attached hydrogen (secondary N) is 1. The number of amides is 2. The summed E-state index contributed by atoms with van der Waals surface area (Å²) in [5.74, 6) is 0. The van der Waals surface area contributed by atoms with Crippen LogP contribution in [0, 0.1) is 6.92 Å². The molecular formula is C19H25N3O2S. The monoisotopic (exact) mass is 359 g/mol. The highest BCUT2D eigenvalue weighted by Gasteiger charge is 2.30. The van der Waals surface area contributed by atoms with Crippen molar-refractivity contribution < 1.29 is 9.90 Å². The van der Waals surface area contributed by atoms with Crippen LogP contribution in [0.5, 0.6) is 0 Å². The van der Waals surface area contributed by atoms with Crippen molar-refractivity contribution in [1.29, 1.82) is 0 Å². The number of thiazole rings is 1. The molecule has 0 bridgehead atoms. The normalized spacial score (nSPS) is 18.0. The van der Waals surface area contributed by atoms with Crippen molar-refractivity contribution in [1.82, 2.24) is 15.2 Å². The molecule has 1 aromatic carbocycles. The second-order valence-corrected chi connectivity index (χ2v) is 8.02. The predicted octanol–water partition coefficient (Wildman–Crippen LogP) is 3.74. The lowest BCUT2D eigenvalue weighted by atomic mass is 9.94. The summed E-state index contributed by atoms with van der Waals surface area (Å²) in [6, 6.07) is 9.92. The van der Waals surface area contributed by atoms with Gasteiger partial charge in [0, 0.05) is 18.7 Å². The van der Waals surface area contributed by atoms with Crippen molar-refractivity contribution in [2.24, 2.45) is 0 Å². The van der Waals surface area contributed by atoms with Crippen LogP contribution in [-0.2, 0) is 0 Å². The number of aromatic nitrogens is 1. The van der Waals surface area contributed by atoms with E-state index in [1.807, 2.05) is 51.1 Å². The van der Waals surface area contributed by atoms with Gasteiger partial charge in [-0.3, -0.25) is 0 Å². The summed E-state index contributed by atoms with van der Waals surface area (Å²) in [5, 5.41) is 14.1. The number of aryl methyl sites for hydroxylation is 1. The van der Waals surface area contributed by atoms with Crippen LogP contribution in [-0.4, -0.2) is 39.7 Å². The van der Waals surface area contributed by atoms with Crippen molar-refractivity contribution >= 4 is 17.4 Å². The minimum absolute atomic E-state index is 0.0722. The largest absolute Gasteiger partial charge is 0.390 e. The lowest BCUT2D eigenvalue weighted by molar-refractivity contribution is 0.00420. The van der Waals surface area contributed by atoms with E-state index in [4.69, 9.17) is 0 Å². The zero-order valence-electron chi connectivity index (χ0n) is 15.0. The summed E-state index contributed by atoms with van der Waals surface area (Å²) >= 11 is 1.62.